The summed E-state index contributed by atoms with van der Waals surface area (Å²) in [6.07, 6.45) is -3.89. The van der Waals surface area contributed by atoms with Crippen LogP contribution in [0, 0.1) is 5.92 Å². The maximum Gasteiger partial charge on any atom is 0.405 e. The highest BCUT2D eigenvalue weighted by molar-refractivity contribution is 5.85. The minimum atomic E-state index is -4.38. The first kappa shape index (κ1) is 21.0. The molecule has 0 spiro atoms. The molecule has 0 aromatic heterocycles. The van der Waals surface area contributed by atoms with Crippen molar-refractivity contribution in [2.45, 2.75) is 25.6 Å². The third-order valence-electron chi connectivity index (χ3n) is 4.44. The molecule has 10 heteroatoms. The van der Waals surface area contributed by atoms with E-state index in [1.165, 1.54) is 11.8 Å². The van der Waals surface area contributed by atoms with Gasteiger partial charge in [-0.2, -0.15) is 13.2 Å². The fraction of sp³-hybridized carbons (Fsp3) is 0.857. The first-order valence-corrected chi connectivity index (χ1v) is 7.83. The van der Waals surface area contributed by atoms with Gasteiger partial charge in [0.1, 0.15) is 6.04 Å². The van der Waals surface area contributed by atoms with Gasteiger partial charge in [-0.15, -0.1) is 12.4 Å². The van der Waals surface area contributed by atoms with Gasteiger partial charge >= 0.3 is 6.18 Å². The van der Waals surface area contributed by atoms with E-state index in [4.69, 9.17) is 0 Å². The van der Waals surface area contributed by atoms with Crippen molar-refractivity contribution in [1.29, 1.82) is 0 Å². The molecule has 2 aliphatic rings. The molecule has 140 valence electrons. The summed E-state index contributed by atoms with van der Waals surface area (Å²) in [6, 6.07) is -1.67. The van der Waals surface area contributed by atoms with E-state index in [9.17, 15) is 22.8 Å². The predicted molar refractivity (Wildman–Crippen MR) is 84.9 cm³/mol. The molecule has 2 heterocycles. The lowest BCUT2D eigenvalue weighted by molar-refractivity contribution is -0.184. The normalized spacial score (nSPS) is 23.5. The van der Waals surface area contributed by atoms with Gasteiger partial charge in [0.25, 0.3) is 0 Å². The number of likely N-dealkylation sites (tertiary alicyclic amines) is 1. The van der Waals surface area contributed by atoms with Crippen molar-refractivity contribution in [3.8, 4) is 0 Å². The second-order valence-corrected chi connectivity index (χ2v) is 6.04. The van der Waals surface area contributed by atoms with Gasteiger partial charge in [-0.1, -0.05) is 0 Å². The average Bonchev–Trinajstić information content (AvgIpc) is 2.97. The molecular formula is C14H24ClF3N4O2. The highest BCUT2D eigenvalue weighted by Crippen LogP contribution is 2.25. The first-order chi connectivity index (χ1) is 10.8. The molecule has 0 aliphatic carbocycles. The quantitative estimate of drug-likeness (QED) is 0.741. The summed E-state index contributed by atoms with van der Waals surface area (Å²) in [7, 11) is 0. The summed E-state index contributed by atoms with van der Waals surface area (Å²) in [4.78, 5) is 26.2. The summed E-state index contributed by atoms with van der Waals surface area (Å²) in [5, 5.41) is 5.44. The molecule has 0 aromatic carbocycles. The van der Waals surface area contributed by atoms with Crippen LogP contribution in [0.25, 0.3) is 0 Å². The lowest BCUT2D eigenvalue weighted by Gasteiger charge is -2.36. The molecule has 0 aromatic rings. The van der Waals surface area contributed by atoms with Crippen LogP contribution in [-0.2, 0) is 9.59 Å². The van der Waals surface area contributed by atoms with Gasteiger partial charge in [0.2, 0.25) is 11.8 Å². The zero-order chi connectivity index (χ0) is 17.0. The minimum Gasteiger partial charge on any atom is -0.354 e. The van der Waals surface area contributed by atoms with Crippen LogP contribution < -0.4 is 10.6 Å². The van der Waals surface area contributed by atoms with Crippen LogP contribution in [0.1, 0.15) is 13.3 Å². The number of nitrogens with one attached hydrogen (secondary N) is 2. The van der Waals surface area contributed by atoms with Crippen LogP contribution in [0.4, 0.5) is 13.2 Å². The number of hydrogen-bond acceptors (Lipinski definition) is 4. The lowest BCUT2D eigenvalue weighted by atomic mass is 10.1. The maximum atomic E-state index is 13.2. The lowest BCUT2D eigenvalue weighted by Crippen LogP contribution is -2.57. The van der Waals surface area contributed by atoms with Gasteiger partial charge < -0.3 is 15.5 Å². The molecule has 2 saturated heterocycles. The molecule has 2 atom stereocenters. The summed E-state index contributed by atoms with van der Waals surface area (Å²) in [5.74, 6) is -0.941. The summed E-state index contributed by atoms with van der Waals surface area (Å²) < 4.78 is 39.7. The summed E-state index contributed by atoms with van der Waals surface area (Å²) in [5.41, 5.74) is 0. The van der Waals surface area contributed by atoms with Crippen molar-refractivity contribution in [3.05, 3.63) is 0 Å². The second-order valence-electron chi connectivity index (χ2n) is 6.04. The Balaban J connectivity index is 0.00000288. The van der Waals surface area contributed by atoms with Crippen LogP contribution in [0.15, 0.2) is 0 Å². The molecular weight excluding hydrogens is 349 g/mol. The van der Waals surface area contributed by atoms with Crippen molar-refractivity contribution < 1.29 is 22.8 Å². The fourth-order valence-corrected chi connectivity index (χ4v) is 3.05. The van der Waals surface area contributed by atoms with Gasteiger partial charge in [0, 0.05) is 52.7 Å². The molecule has 2 unspecified atom stereocenters. The third-order valence-corrected chi connectivity index (χ3v) is 4.44. The smallest absolute Gasteiger partial charge is 0.354 e. The van der Waals surface area contributed by atoms with E-state index < -0.39 is 30.6 Å². The Morgan fingerprint density at radius 2 is 1.88 bits per heavy atom. The van der Waals surface area contributed by atoms with Crippen molar-refractivity contribution in [3.63, 3.8) is 0 Å². The standard InChI is InChI=1S/C14H23F3N4O2.ClH/c1-10(22)21-5-2-11(9-21)13(23)19-8-12(14(15,16)17)20-6-3-18-4-7-20;/h11-12,18H,2-9H2,1H3,(H,19,23);1H. The SMILES string of the molecule is CC(=O)N1CCC(C(=O)NCC(N2CCNCC2)C(F)(F)F)C1.Cl. The van der Waals surface area contributed by atoms with Crippen molar-refractivity contribution in [1.82, 2.24) is 20.4 Å². The Bertz CT molecular complexity index is 444. The van der Waals surface area contributed by atoms with Crippen LogP contribution in [0.3, 0.4) is 0 Å². The van der Waals surface area contributed by atoms with Gasteiger partial charge in [-0.05, 0) is 6.42 Å². The largest absolute Gasteiger partial charge is 0.405 e. The number of alkyl halides is 3. The Labute approximate surface area is 145 Å². The van der Waals surface area contributed by atoms with Crippen LogP contribution in [0.5, 0.6) is 0 Å². The van der Waals surface area contributed by atoms with E-state index in [1.807, 2.05) is 0 Å². The number of piperazine rings is 1. The number of carbonyl (C=O) groups excluding carboxylic acids is 2. The Morgan fingerprint density at radius 3 is 2.38 bits per heavy atom. The molecule has 24 heavy (non-hydrogen) atoms. The topological polar surface area (TPSA) is 64.7 Å². The molecule has 2 N–H and O–H groups in total. The molecule has 2 aliphatic heterocycles. The number of hydrogen-bond donors (Lipinski definition) is 2. The molecule has 6 nitrogen and oxygen atoms in total. The van der Waals surface area contributed by atoms with E-state index in [1.54, 1.807) is 4.90 Å². The molecule has 0 bridgehead atoms. The maximum absolute atomic E-state index is 13.2. The van der Waals surface area contributed by atoms with E-state index in [-0.39, 0.29) is 24.9 Å². The molecule has 0 radical (unpaired) electrons. The van der Waals surface area contributed by atoms with Crippen molar-refractivity contribution in [2.75, 3.05) is 45.8 Å². The number of rotatable bonds is 4. The highest BCUT2D eigenvalue weighted by Gasteiger charge is 2.44. The number of nitrogens with zero attached hydrogens (tertiary/aromatic N) is 2. The van der Waals surface area contributed by atoms with Gasteiger partial charge in [0.15, 0.2) is 0 Å². The van der Waals surface area contributed by atoms with Crippen molar-refractivity contribution >= 4 is 24.2 Å². The minimum absolute atomic E-state index is 0. The highest BCUT2D eigenvalue weighted by atomic mass is 35.5. The Morgan fingerprint density at radius 1 is 1.25 bits per heavy atom. The summed E-state index contributed by atoms with van der Waals surface area (Å²) in [6.45, 7) is 3.37. The van der Waals surface area contributed by atoms with E-state index >= 15 is 0 Å². The van der Waals surface area contributed by atoms with E-state index in [0.29, 0.717) is 39.1 Å². The second kappa shape index (κ2) is 8.87. The van der Waals surface area contributed by atoms with Crippen LogP contribution in [-0.4, -0.2) is 79.6 Å². The van der Waals surface area contributed by atoms with Gasteiger partial charge in [-0.3, -0.25) is 14.5 Å². The van der Waals surface area contributed by atoms with Gasteiger partial charge in [-0.25, -0.2) is 0 Å². The van der Waals surface area contributed by atoms with Gasteiger partial charge in [0.05, 0.1) is 5.92 Å². The van der Waals surface area contributed by atoms with Crippen molar-refractivity contribution in [2.24, 2.45) is 5.92 Å². The first-order valence-electron chi connectivity index (χ1n) is 7.83. The molecule has 2 fully saturated rings. The van der Waals surface area contributed by atoms with E-state index in [0.717, 1.165) is 0 Å². The number of halogens is 4. The molecule has 2 amide bonds. The van der Waals surface area contributed by atoms with E-state index in [2.05, 4.69) is 10.6 Å². The fourth-order valence-electron chi connectivity index (χ4n) is 3.05. The van der Waals surface area contributed by atoms with Crippen LogP contribution >= 0.6 is 12.4 Å². The number of carbonyl (C=O) groups is 2. The Hall–Kier alpha value is -1.06. The Kier molecular flexibility index (Phi) is 7.75. The summed E-state index contributed by atoms with van der Waals surface area (Å²) >= 11 is 0. The van der Waals surface area contributed by atoms with Crippen LogP contribution in [0.2, 0.25) is 0 Å². The molecule has 0 saturated carbocycles. The predicted octanol–water partition coefficient (Wildman–Crippen LogP) is 0.229. The zero-order valence-corrected chi connectivity index (χ0v) is 14.4. The third kappa shape index (κ3) is 5.49. The number of amides is 2. The molecule has 2 rings (SSSR count). The zero-order valence-electron chi connectivity index (χ0n) is 13.6. The monoisotopic (exact) mass is 372 g/mol. The average molecular weight is 373 g/mol.